The van der Waals surface area contributed by atoms with Gasteiger partial charge in [-0.1, -0.05) is 18.2 Å². The van der Waals surface area contributed by atoms with Crippen LogP contribution in [-0.2, 0) is 0 Å². The van der Waals surface area contributed by atoms with E-state index < -0.39 is 5.60 Å². The van der Waals surface area contributed by atoms with Crippen molar-refractivity contribution in [1.82, 2.24) is 0 Å². The van der Waals surface area contributed by atoms with Crippen LogP contribution in [0.2, 0.25) is 0 Å². The van der Waals surface area contributed by atoms with Crippen molar-refractivity contribution in [3.63, 3.8) is 0 Å². The number of benzene rings is 1. The Morgan fingerprint density at radius 2 is 2.25 bits per heavy atom. The first-order valence-corrected chi connectivity index (χ1v) is 4.24. The minimum atomic E-state index is -0.533. The summed E-state index contributed by atoms with van der Waals surface area (Å²) in [5, 5.41) is 9.77. The van der Waals surface area contributed by atoms with E-state index in [2.05, 4.69) is 0 Å². The third-order valence-electron chi connectivity index (χ3n) is 2.82. The lowest BCUT2D eigenvalue weighted by molar-refractivity contribution is 0.0693. The quantitative estimate of drug-likeness (QED) is 0.623. The highest BCUT2D eigenvalue weighted by molar-refractivity contribution is 5.45. The van der Waals surface area contributed by atoms with Gasteiger partial charge >= 0.3 is 0 Å². The Kier molecular flexibility index (Phi) is 0.989. The van der Waals surface area contributed by atoms with E-state index >= 15 is 0 Å². The van der Waals surface area contributed by atoms with E-state index in [1.165, 1.54) is 5.56 Å². The highest BCUT2D eigenvalue weighted by Crippen LogP contribution is 2.56. The molecule has 0 unspecified atom stereocenters. The third kappa shape index (κ3) is 0.681. The van der Waals surface area contributed by atoms with Gasteiger partial charge in [0, 0.05) is 11.5 Å². The highest BCUT2D eigenvalue weighted by atomic mass is 16.5. The van der Waals surface area contributed by atoms with Gasteiger partial charge in [0.25, 0.3) is 0 Å². The average molecular weight is 162 g/mol. The molecule has 12 heavy (non-hydrogen) atoms. The number of ether oxygens (including phenoxy) is 1. The second kappa shape index (κ2) is 1.83. The number of fused-ring (bicyclic) bond motifs is 3. The summed E-state index contributed by atoms with van der Waals surface area (Å²) in [7, 11) is 0. The maximum atomic E-state index is 9.77. The second-order valence-electron chi connectivity index (χ2n) is 3.69. The summed E-state index contributed by atoms with van der Waals surface area (Å²) >= 11 is 0. The van der Waals surface area contributed by atoms with Crippen LogP contribution in [0.4, 0.5) is 0 Å². The van der Waals surface area contributed by atoms with E-state index in [4.69, 9.17) is 4.74 Å². The summed E-state index contributed by atoms with van der Waals surface area (Å²) in [4.78, 5) is 0. The van der Waals surface area contributed by atoms with Crippen molar-refractivity contribution in [2.45, 2.75) is 17.9 Å². The Bertz CT molecular complexity index is 334. The van der Waals surface area contributed by atoms with Crippen molar-refractivity contribution >= 4 is 0 Å². The molecule has 0 saturated heterocycles. The summed E-state index contributed by atoms with van der Waals surface area (Å²) in [6.45, 7) is 0.467. The van der Waals surface area contributed by atoms with Crippen LogP contribution in [0.3, 0.4) is 0 Å². The van der Waals surface area contributed by atoms with E-state index in [-0.39, 0.29) is 0 Å². The van der Waals surface area contributed by atoms with Gasteiger partial charge in [0.1, 0.15) is 18.0 Å². The molecule has 0 radical (unpaired) electrons. The fourth-order valence-corrected chi connectivity index (χ4v) is 1.96. The lowest BCUT2D eigenvalue weighted by atomic mass is 10.0. The summed E-state index contributed by atoms with van der Waals surface area (Å²) < 4.78 is 5.43. The van der Waals surface area contributed by atoms with Gasteiger partial charge in [-0.2, -0.15) is 0 Å². The molecule has 1 aliphatic heterocycles. The largest absolute Gasteiger partial charge is 0.490 e. The van der Waals surface area contributed by atoms with E-state index in [9.17, 15) is 5.11 Å². The number of hydrogen-bond acceptors (Lipinski definition) is 2. The normalized spacial score (nSPS) is 36.2. The molecule has 1 fully saturated rings. The van der Waals surface area contributed by atoms with Gasteiger partial charge in [-0.3, -0.25) is 0 Å². The molecule has 1 aliphatic carbocycles. The molecule has 2 atom stereocenters. The van der Waals surface area contributed by atoms with Gasteiger partial charge in [-0.05, 0) is 12.5 Å². The summed E-state index contributed by atoms with van der Waals surface area (Å²) in [6, 6.07) is 7.96. The van der Waals surface area contributed by atoms with Crippen LogP contribution < -0.4 is 4.74 Å². The van der Waals surface area contributed by atoms with Crippen molar-refractivity contribution in [1.29, 1.82) is 0 Å². The van der Waals surface area contributed by atoms with Crippen molar-refractivity contribution in [3.05, 3.63) is 29.8 Å². The first kappa shape index (κ1) is 6.49. The smallest absolute Gasteiger partial charge is 0.123 e. The van der Waals surface area contributed by atoms with Crippen molar-refractivity contribution in [2.75, 3.05) is 6.61 Å². The molecule has 1 saturated carbocycles. The predicted molar refractivity (Wildman–Crippen MR) is 44.2 cm³/mol. The van der Waals surface area contributed by atoms with Crippen LogP contribution in [0.1, 0.15) is 17.9 Å². The Labute approximate surface area is 70.8 Å². The number of para-hydroxylation sites is 1. The van der Waals surface area contributed by atoms with Gasteiger partial charge in [0.15, 0.2) is 0 Å². The van der Waals surface area contributed by atoms with Gasteiger partial charge < -0.3 is 9.84 Å². The van der Waals surface area contributed by atoms with Gasteiger partial charge in [0.2, 0.25) is 0 Å². The fraction of sp³-hybridized carbons (Fsp3) is 0.400. The van der Waals surface area contributed by atoms with E-state index in [0.717, 1.165) is 12.2 Å². The zero-order valence-corrected chi connectivity index (χ0v) is 6.66. The molecule has 0 amide bonds. The Morgan fingerprint density at radius 1 is 1.42 bits per heavy atom. The van der Waals surface area contributed by atoms with Crippen LogP contribution in [0.5, 0.6) is 5.75 Å². The van der Waals surface area contributed by atoms with Crippen molar-refractivity contribution in [3.8, 4) is 5.75 Å². The van der Waals surface area contributed by atoms with Gasteiger partial charge in [0.05, 0.1) is 0 Å². The van der Waals surface area contributed by atoms with Gasteiger partial charge in [-0.25, -0.2) is 0 Å². The Hall–Kier alpha value is -1.02. The van der Waals surface area contributed by atoms with Gasteiger partial charge in [-0.15, -0.1) is 0 Å². The summed E-state index contributed by atoms with van der Waals surface area (Å²) in [6.07, 6.45) is 0.865. The standard InChI is InChI=1S/C10H10O2/c11-10-5-8(10)7-3-1-2-4-9(7)12-6-10/h1-4,8,11H,5-6H2/t8-,10-/m1/s1. The van der Waals surface area contributed by atoms with E-state index in [1.807, 2.05) is 24.3 Å². The second-order valence-corrected chi connectivity index (χ2v) is 3.69. The molecular weight excluding hydrogens is 152 g/mol. The molecule has 1 aromatic carbocycles. The van der Waals surface area contributed by atoms with Crippen LogP contribution in [0.15, 0.2) is 24.3 Å². The van der Waals surface area contributed by atoms with Crippen LogP contribution in [0, 0.1) is 0 Å². The molecule has 62 valence electrons. The van der Waals surface area contributed by atoms with Crippen molar-refractivity contribution < 1.29 is 9.84 Å². The minimum Gasteiger partial charge on any atom is -0.490 e. The first-order chi connectivity index (χ1) is 5.80. The molecular formula is C10H10O2. The first-order valence-electron chi connectivity index (χ1n) is 4.24. The Morgan fingerprint density at radius 3 is 3.17 bits per heavy atom. The molecule has 3 rings (SSSR count). The molecule has 1 aromatic rings. The zero-order chi connectivity index (χ0) is 8.18. The van der Waals surface area contributed by atoms with E-state index in [0.29, 0.717) is 12.5 Å². The molecule has 2 nitrogen and oxygen atoms in total. The monoisotopic (exact) mass is 162 g/mol. The van der Waals surface area contributed by atoms with Crippen LogP contribution >= 0.6 is 0 Å². The lowest BCUT2D eigenvalue weighted by Crippen LogP contribution is -2.25. The average Bonchev–Trinajstić information content (AvgIpc) is 2.78. The molecule has 2 heteroatoms. The minimum absolute atomic E-state index is 0.336. The number of hydrogen-bond donors (Lipinski definition) is 1. The van der Waals surface area contributed by atoms with Crippen LogP contribution in [-0.4, -0.2) is 17.3 Å². The fourth-order valence-electron chi connectivity index (χ4n) is 1.96. The molecule has 1 heterocycles. The molecule has 0 aromatic heterocycles. The molecule has 0 spiro atoms. The topological polar surface area (TPSA) is 29.5 Å². The molecule has 1 N–H and O–H groups in total. The van der Waals surface area contributed by atoms with Crippen molar-refractivity contribution in [2.24, 2.45) is 0 Å². The molecule has 0 bridgehead atoms. The molecule has 2 aliphatic rings. The maximum Gasteiger partial charge on any atom is 0.123 e. The lowest BCUT2D eigenvalue weighted by Gasteiger charge is -2.20. The SMILES string of the molecule is O[C@]12COc3ccccc3[C@H]1C2. The predicted octanol–water partition coefficient (Wildman–Crippen LogP) is 1.30. The maximum absolute atomic E-state index is 9.77. The number of rotatable bonds is 0. The number of aliphatic hydroxyl groups is 1. The third-order valence-corrected chi connectivity index (χ3v) is 2.82. The summed E-state index contributed by atoms with van der Waals surface area (Å²) in [5.74, 6) is 1.28. The van der Waals surface area contributed by atoms with E-state index in [1.54, 1.807) is 0 Å². The highest BCUT2D eigenvalue weighted by Gasteiger charge is 2.57. The Balaban J connectivity index is 2.12. The summed E-state index contributed by atoms with van der Waals surface area (Å²) in [5.41, 5.74) is 0.639. The van der Waals surface area contributed by atoms with Crippen LogP contribution in [0.25, 0.3) is 0 Å². The zero-order valence-electron chi connectivity index (χ0n) is 6.66.